The van der Waals surface area contributed by atoms with Crippen molar-refractivity contribution in [2.75, 3.05) is 4.90 Å². The summed E-state index contributed by atoms with van der Waals surface area (Å²) < 4.78 is 0. The maximum Gasteiger partial charge on any atom is 0.227 e. The molecule has 0 saturated heterocycles. The molecule has 1 aromatic heterocycles. The van der Waals surface area contributed by atoms with Gasteiger partial charge in [0.15, 0.2) is 0 Å². The molecule has 1 aliphatic carbocycles. The average molecular weight is 376 g/mol. The molecule has 1 aliphatic rings. The summed E-state index contributed by atoms with van der Waals surface area (Å²) >= 11 is 1.71. The van der Waals surface area contributed by atoms with E-state index in [-0.39, 0.29) is 5.91 Å². The van der Waals surface area contributed by atoms with Gasteiger partial charge in [0.2, 0.25) is 5.91 Å². The molecule has 0 N–H and O–H groups in total. The summed E-state index contributed by atoms with van der Waals surface area (Å²) in [6.45, 7) is 0.636. The molecular weight excluding hydrogens is 350 g/mol. The van der Waals surface area contributed by atoms with E-state index in [1.807, 2.05) is 29.2 Å². The van der Waals surface area contributed by atoms with E-state index in [0.29, 0.717) is 18.9 Å². The van der Waals surface area contributed by atoms with Gasteiger partial charge in [-0.05, 0) is 36.0 Å². The van der Waals surface area contributed by atoms with E-state index in [2.05, 4.69) is 47.8 Å². The molecule has 1 saturated carbocycles. The van der Waals surface area contributed by atoms with E-state index in [1.165, 1.54) is 41.7 Å². The van der Waals surface area contributed by atoms with Crippen LogP contribution in [-0.4, -0.2) is 5.91 Å². The highest BCUT2D eigenvalue weighted by Crippen LogP contribution is 2.34. The Morgan fingerprint density at radius 2 is 1.63 bits per heavy atom. The minimum atomic E-state index is 0.253. The fourth-order valence-electron chi connectivity index (χ4n) is 3.88. The topological polar surface area (TPSA) is 20.3 Å². The summed E-state index contributed by atoms with van der Waals surface area (Å²) in [7, 11) is 0. The van der Waals surface area contributed by atoms with Crippen molar-refractivity contribution in [2.45, 2.75) is 38.6 Å². The lowest BCUT2D eigenvalue weighted by atomic mass is 10.0. The van der Waals surface area contributed by atoms with Gasteiger partial charge in [0.05, 0.1) is 12.2 Å². The van der Waals surface area contributed by atoms with Crippen molar-refractivity contribution in [3.63, 3.8) is 0 Å². The molecule has 0 aliphatic heterocycles. The Labute approximate surface area is 165 Å². The Balaban J connectivity index is 1.59. The second-order valence-electron chi connectivity index (χ2n) is 7.36. The zero-order valence-electron chi connectivity index (χ0n) is 15.5. The highest BCUT2D eigenvalue weighted by Gasteiger charge is 2.24. The first-order valence-electron chi connectivity index (χ1n) is 9.78. The molecule has 138 valence electrons. The van der Waals surface area contributed by atoms with Crippen LogP contribution < -0.4 is 4.90 Å². The molecule has 1 amide bonds. The summed E-state index contributed by atoms with van der Waals surface area (Å²) in [5, 5.41) is 2.12. The summed E-state index contributed by atoms with van der Waals surface area (Å²) in [6.07, 6.45) is 5.61. The predicted octanol–water partition coefficient (Wildman–Crippen LogP) is 6.53. The molecule has 27 heavy (non-hydrogen) atoms. The molecule has 0 bridgehead atoms. The number of hydrogen-bond donors (Lipinski definition) is 0. The number of rotatable bonds is 6. The molecule has 0 spiro atoms. The van der Waals surface area contributed by atoms with E-state index in [1.54, 1.807) is 11.3 Å². The SMILES string of the molecule is O=C(CC1CCCC1)N(Cc1ccccc1)c1csc(-c2ccccc2)c1. The van der Waals surface area contributed by atoms with Gasteiger partial charge in [0, 0.05) is 16.7 Å². The third-order valence-electron chi connectivity index (χ3n) is 5.38. The Kier molecular flexibility index (Phi) is 5.69. The van der Waals surface area contributed by atoms with Crippen LogP contribution in [0.2, 0.25) is 0 Å². The van der Waals surface area contributed by atoms with Crippen LogP contribution in [0.15, 0.2) is 72.1 Å². The van der Waals surface area contributed by atoms with Crippen molar-refractivity contribution in [3.8, 4) is 10.4 Å². The number of carbonyl (C=O) groups excluding carboxylic acids is 1. The molecule has 3 heteroatoms. The van der Waals surface area contributed by atoms with Gasteiger partial charge >= 0.3 is 0 Å². The molecule has 0 radical (unpaired) electrons. The zero-order valence-corrected chi connectivity index (χ0v) is 16.3. The second-order valence-corrected chi connectivity index (χ2v) is 8.27. The lowest BCUT2D eigenvalue weighted by Crippen LogP contribution is -2.31. The van der Waals surface area contributed by atoms with E-state index in [4.69, 9.17) is 0 Å². The van der Waals surface area contributed by atoms with E-state index in [0.717, 1.165) is 5.69 Å². The number of amides is 1. The summed E-state index contributed by atoms with van der Waals surface area (Å²) in [4.78, 5) is 16.4. The zero-order chi connectivity index (χ0) is 18.5. The number of thiophene rings is 1. The Morgan fingerprint density at radius 1 is 0.963 bits per heavy atom. The smallest absolute Gasteiger partial charge is 0.227 e. The van der Waals surface area contributed by atoms with Gasteiger partial charge in [-0.3, -0.25) is 4.79 Å². The number of anilines is 1. The van der Waals surface area contributed by atoms with Crippen molar-refractivity contribution >= 4 is 22.9 Å². The van der Waals surface area contributed by atoms with Gasteiger partial charge in [0.25, 0.3) is 0 Å². The fraction of sp³-hybridized carbons (Fsp3) is 0.292. The molecule has 3 aromatic rings. The third kappa shape index (κ3) is 4.48. The number of benzene rings is 2. The van der Waals surface area contributed by atoms with Gasteiger partial charge in [0.1, 0.15) is 0 Å². The minimum Gasteiger partial charge on any atom is -0.307 e. The summed E-state index contributed by atoms with van der Waals surface area (Å²) in [5.41, 5.74) is 3.40. The normalized spacial score (nSPS) is 14.4. The van der Waals surface area contributed by atoms with Crippen molar-refractivity contribution in [1.29, 1.82) is 0 Å². The molecule has 2 aromatic carbocycles. The van der Waals surface area contributed by atoms with Crippen molar-refractivity contribution < 1.29 is 4.79 Å². The number of nitrogens with zero attached hydrogens (tertiary/aromatic N) is 1. The lowest BCUT2D eigenvalue weighted by Gasteiger charge is -2.23. The first kappa shape index (κ1) is 18.0. The lowest BCUT2D eigenvalue weighted by molar-refractivity contribution is -0.119. The standard InChI is InChI=1S/C24H25NOS/c26-24(15-19-9-7-8-10-19)25(17-20-11-3-1-4-12-20)22-16-23(27-18-22)21-13-5-2-6-14-21/h1-6,11-14,16,18-19H,7-10,15,17H2. The summed E-state index contributed by atoms with van der Waals surface area (Å²) in [6, 6.07) is 22.8. The molecular formula is C24H25NOS. The van der Waals surface area contributed by atoms with Gasteiger partial charge < -0.3 is 4.90 Å². The number of carbonyl (C=O) groups is 1. The molecule has 1 fully saturated rings. The first-order valence-corrected chi connectivity index (χ1v) is 10.7. The van der Waals surface area contributed by atoms with E-state index < -0.39 is 0 Å². The fourth-order valence-corrected chi connectivity index (χ4v) is 4.79. The van der Waals surface area contributed by atoms with Gasteiger partial charge in [-0.1, -0.05) is 73.5 Å². The van der Waals surface area contributed by atoms with Crippen LogP contribution >= 0.6 is 11.3 Å². The van der Waals surface area contributed by atoms with Crippen LogP contribution in [0.5, 0.6) is 0 Å². The Hall–Kier alpha value is -2.39. The second kappa shape index (κ2) is 8.53. The van der Waals surface area contributed by atoms with Gasteiger partial charge in [-0.2, -0.15) is 0 Å². The molecule has 0 unspecified atom stereocenters. The van der Waals surface area contributed by atoms with Crippen LogP contribution in [-0.2, 0) is 11.3 Å². The molecule has 1 heterocycles. The highest BCUT2D eigenvalue weighted by molar-refractivity contribution is 7.14. The van der Waals surface area contributed by atoms with Crippen LogP contribution in [0.4, 0.5) is 5.69 Å². The van der Waals surface area contributed by atoms with E-state index in [9.17, 15) is 4.79 Å². The highest BCUT2D eigenvalue weighted by atomic mass is 32.1. The van der Waals surface area contributed by atoms with Gasteiger partial charge in [-0.25, -0.2) is 0 Å². The van der Waals surface area contributed by atoms with E-state index >= 15 is 0 Å². The minimum absolute atomic E-state index is 0.253. The van der Waals surface area contributed by atoms with Crippen LogP contribution in [0.1, 0.15) is 37.7 Å². The van der Waals surface area contributed by atoms with Crippen molar-refractivity contribution in [2.24, 2.45) is 5.92 Å². The molecule has 0 atom stereocenters. The monoisotopic (exact) mass is 375 g/mol. The summed E-state index contributed by atoms with van der Waals surface area (Å²) in [5.74, 6) is 0.811. The number of hydrogen-bond acceptors (Lipinski definition) is 2. The molecule has 4 rings (SSSR count). The average Bonchev–Trinajstić information content (AvgIpc) is 3.40. The van der Waals surface area contributed by atoms with Crippen molar-refractivity contribution in [1.82, 2.24) is 0 Å². The Bertz CT molecular complexity index is 866. The van der Waals surface area contributed by atoms with Gasteiger partial charge in [-0.15, -0.1) is 11.3 Å². The quantitative estimate of drug-likeness (QED) is 0.480. The van der Waals surface area contributed by atoms with Crippen LogP contribution in [0, 0.1) is 5.92 Å². The van der Waals surface area contributed by atoms with Crippen LogP contribution in [0.3, 0.4) is 0 Å². The maximum absolute atomic E-state index is 13.2. The van der Waals surface area contributed by atoms with Crippen LogP contribution in [0.25, 0.3) is 10.4 Å². The maximum atomic E-state index is 13.2. The Morgan fingerprint density at radius 3 is 2.33 bits per heavy atom. The van der Waals surface area contributed by atoms with Crippen molar-refractivity contribution in [3.05, 3.63) is 77.7 Å². The predicted molar refractivity (Wildman–Crippen MR) is 114 cm³/mol. The third-order valence-corrected chi connectivity index (χ3v) is 6.35. The first-order chi connectivity index (χ1) is 13.3. The molecule has 2 nitrogen and oxygen atoms in total. The largest absolute Gasteiger partial charge is 0.307 e.